The minimum atomic E-state index is -0.552. The second kappa shape index (κ2) is 9.24. The SMILES string of the molecule is CC1CCC(N=C(NC(=O)c2ccc(Cl)cc2)Nc2n[nH]c3cc(Cl)c(F)cc23)CC1. The van der Waals surface area contributed by atoms with Gasteiger partial charge in [-0.05, 0) is 68.0 Å². The number of aliphatic imine (C=N–C) groups is 1. The van der Waals surface area contributed by atoms with Crippen molar-refractivity contribution < 1.29 is 9.18 Å². The van der Waals surface area contributed by atoms with E-state index in [1.807, 2.05) is 0 Å². The monoisotopic (exact) mass is 461 g/mol. The molecule has 0 aliphatic heterocycles. The number of hydrogen-bond donors (Lipinski definition) is 3. The molecular weight excluding hydrogens is 440 g/mol. The van der Waals surface area contributed by atoms with Gasteiger partial charge in [0.25, 0.3) is 5.91 Å². The number of H-pyrrole nitrogens is 1. The summed E-state index contributed by atoms with van der Waals surface area (Å²) in [5.41, 5.74) is 1.02. The molecule has 3 aromatic rings. The molecule has 0 radical (unpaired) electrons. The molecule has 1 amide bonds. The molecule has 0 saturated heterocycles. The minimum absolute atomic E-state index is 0.00366. The Labute approximate surface area is 189 Å². The Morgan fingerprint density at radius 1 is 1.16 bits per heavy atom. The maximum atomic E-state index is 14.0. The predicted octanol–water partition coefficient (Wildman–Crippen LogP) is 5.79. The number of guanidine groups is 1. The van der Waals surface area contributed by atoms with Crippen LogP contribution in [0.2, 0.25) is 10.0 Å². The molecule has 1 heterocycles. The normalized spacial score (nSPS) is 19.4. The summed E-state index contributed by atoms with van der Waals surface area (Å²) in [6.07, 6.45) is 4.05. The fraction of sp³-hybridized carbons (Fsp3) is 0.318. The fourth-order valence-electron chi connectivity index (χ4n) is 3.65. The highest BCUT2D eigenvalue weighted by atomic mass is 35.5. The van der Waals surface area contributed by atoms with E-state index in [9.17, 15) is 9.18 Å². The fourth-order valence-corrected chi connectivity index (χ4v) is 3.94. The minimum Gasteiger partial charge on any atom is -0.309 e. The average molecular weight is 462 g/mol. The van der Waals surface area contributed by atoms with E-state index in [0.717, 1.165) is 25.7 Å². The lowest BCUT2D eigenvalue weighted by Crippen LogP contribution is -2.37. The number of aromatic nitrogens is 2. The van der Waals surface area contributed by atoms with E-state index >= 15 is 0 Å². The van der Waals surface area contributed by atoms with Crippen LogP contribution in [-0.4, -0.2) is 28.1 Å². The van der Waals surface area contributed by atoms with E-state index in [4.69, 9.17) is 28.2 Å². The first kappa shape index (κ1) is 21.6. The van der Waals surface area contributed by atoms with E-state index in [0.29, 0.717) is 33.2 Å². The lowest BCUT2D eigenvalue weighted by Gasteiger charge is -2.24. The number of hydrogen-bond acceptors (Lipinski definition) is 3. The van der Waals surface area contributed by atoms with E-state index in [1.54, 1.807) is 24.3 Å². The number of carbonyl (C=O) groups excluding carboxylic acids is 1. The standard InChI is InChI=1S/C22H22Cl2FN5O/c1-12-2-8-15(9-3-12)26-22(28-21(31)13-4-6-14(23)7-5-13)27-20-16-10-18(25)17(24)11-19(16)29-30-20/h4-7,10-12,15H,2-3,8-9H2,1H3,(H3,26,27,28,29,30,31). The smallest absolute Gasteiger partial charge is 0.257 e. The topological polar surface area (TPSA) is 82.2 Å². The molecule has 162 valence electrons. The van der Waals surface area contributed by atoms with Gasteiger partial charge in [-0.15, -0.1) is 0 Å². The maximum absolute atomic E-state index is 14.0. The molecule has 4 rings (SSSR count). The number of nitrogens with one attached hydrogen (secondary N) is 3. The number of fused-ring (bicyclic) bond motifs is 1. The number of halogens is 3. The van der Waals surface area contributed by atoms with E-state index < -0.39 is 5.82 Å². The summed E-state index contributed by atoms with van der Waals surface area (Å²) in [5.74, 6) is 0.410. The molecule has 31 heavy (non-hydrogen) atoms. The highest BCUT2D eigenvalue weighted by molar-refractivity contribution is 6.31. The first-order chi connectivity index (χ1) is 14.9. The van der Waals surface area contributed by atoms with Crippen molar-refractivity contribution in [3.63, 3.8) is 0 Å². The zero-order valence-corrected chi connectivity index (χ0v) is 18.4. The van der Waals surface area contributed by atoms with Crippen LogP contribution in [0.3, 0.4) is 0 Å². The quantitative estimate of drug-likeness (QED) is 0.341. The van der Waals surface area contributed by atoms with Crippen molar-refractivity contribution in [1.29, 1.82) is 0 Å². The molecule has 1 aromatic heterocycles. The van der Waals surface area contributed by atoms with Crippen LogP contribution in [0.4, 0.5) is 10.2 Å². The van der Waals surface area contributed by atoms with Gasteiger partial charge < -0.3 is 5.32 Å². The van der Waals surface area contributed by atoms with Crippen LogP contribution in [0.5, 0.6) is 0 Å². The van der Waals surface area contributed by atoms with E-state index in [-0.39, 0.29) is 22.9 Å². The summed E-state index contributed by atoms with van der Waals surface area (Å²) in [6, 6.07) is 9.42. The lowest BCUT2D eigenvalue weighted by atomic mass is 9.88. The summed E-state index contributed by atoms with van der Waals surface area (Å²) < 4.78 is 14.0. The molecule has 3 N–H and O–H groups in total. The maximum Gasteiger partial charge on any atom is 0.257 e. The number of anilines is 1. The van der Waals surface area contributed by atoms with Crippen molar-refractivity contribution in [3.8, 4) is 0 Å². The van der Waals surface area contributed by atoms with Crippen molar-refractivity contribution in [2.75, 3.05) is 5.32 Å². The van der Waals surface area contributed by atoms with Gasteiger partial charge in [0.1, 0.15) is 5.82 Å². The second-order valence-electron chi connectivity index (χ2n) is 7.86. The van der Waals surface area contributed by atoms with Crippen molar-refractivity contribution in [2.45, 2.75) is 38.6 Å². The zero-order valence-electron chi connectivity index (χ0n) is 16.9. The largest absolute Gasteiger partial charge is 0.309 e. The van der Waals surface area contributed by atoms with Gasteiger partial charge in [0.2, 0.25) is 5.96 Å². The van der Waals surface area contributed by atoms with Gasteiger partial charge in [0, 0.05) is 16.0 Å². The van der Waals surface area contributed by atoms with Gasteiger partial charge in [-0.1, -0.05) is 30.1 Å². The summed E-state index contributed by atoms with van der Waals surface area (Å²) in [6.45, 7) is 2.23. The number of rotatable bonds is 3. The molecule has 1 fully saturated rings. The summed E-state index contributed by atoms with van der Waals surface area (Å²) in [7, 11) is 0. The van der Waals surface area contributed by atoms with Gasteiger partial charge in [-0.3, -0.25) is 15.2 Å². The number of nitrogens with zero attached hydrogens (tertiary/aromatic N) is 2. The van der Waals surface area contributed by atoms with Gasteiger partial charge in [0.15, 0.2) is 5.82 Å². The highest BCUT2D eigenvalue weighted by Gasteiger charge is 2.20. The molecule has 9 heteroatoms. The number of amides is 1. The molecule has 6 nitrogen and oxygen atoms in total. The molecule has 0 atom stereocenters. The number of aromatic amines is 1. The first-order valence-electron chi connectivity index (χ1n) is 10.1. The van der Waals surface area contributed by atoms with Gasteiger partial charge in [0.05, 0.1) is 16.6 Å². The summed E-state index contributed by atoms with van der Waals surface area (Å²) in [5, 5.41) is 14.0. The van der Waals surface area contributed by atoms with Gasteiger partial charge >= 0.3 is 0 Å². The molecule has 0 spiro atoms. The predicted molar refractivity (Wildman–Crippen MR) is 122 cm³/mol. The Balaban J connectivity index is 1.61. The van der Waals surface area contributed by atoms with Gasteiger partial charge in [-0.25, -0.2) is 9.38 Å². The Bertz CT molecular complexity index is 1120. The molecule has 0 unspecified atom stereocenters. The third kappa shape index (κ3) is 5.17. The Morgan fingerprint density at radius 3 is 2.58 bits per heavy atom. The second-order valence-corrected chi connectivity index (χ2v) is 8.71. The molecular formula is C22H22Cl2FN5O. The zero-order chi connectivity index (χ0) is 22.0. The lowest BCUT2D eigenvalue weighted by molar-refractivity contribution is 0.0976. The Kier molecular flexibility index (Phi) is 6.43. The van der Waals surface area contributed by atoms with Crippen LogP contribution >= 0.6 is 23.2 Å². The Morgan fingerprint density at radius 2 is 1.87 bits per heavy atom. The number of benzene rings is 2. The van der Waals surface area contributed by atoms with Crippen LogP contribution in [0.1, 0.15) is 43.0 Å². The molecule has 2 aromatic carbocycles. The molecule has 1 aliphatic carbocycles. The summed E-state index contributed by atoms with van der Waals surface area (Å²) >= 11 is 11.8. The highest BCUT2D eigenvalue weighted by Crippen LogP contribution is 2.28. The number of carbonyl (C=O) groups is 1. The first-order valence-corrected chi connectivity index (χ1v) is 10.9. The van der Waals surface area contributed by atoms with Crippen molar-refractivity contribution in [1.82, 2.24) is 15.5 Å². The third-order valence-electron chi connectivity index (χ3n) is 5.48. The van der Waals surface area contributed by atoms with Crippen molar-refractivity contribution >= 4 is 51.8 Å². The molecule has 1 aliphatic rings. The molecule has 0 bridgehead atoms. The van der Waals surface area contributed by atoms with Crippen LogP contribution in [-0.2, 0) is 0 Å². The van der Waals surface area contributed by atoms with Crippen LogP contribution in [0, 0.1) is 11.7 Å². The van der Waals surface area contributed by atoms with E-state index in [2.05, 4.69) is 27.8 Å². The van der Waals surface area contributed by atoms with Gasteiger partial charge in [-0.2, -0.15) is 5.10 Å². The Hall–Kier alpha value is -2.64. The van der Waals surface area contributed by atoms with Crippen LogP contribution in [0.25, 0.3) is 10.9 Å². The molecule has 1 saturated carbocycles. The van der Waals surface area contributed by atoms with E-state index in [1.165, 1.54) is 12.1 Å². The van der Waals surface area contributed by atoms with Crippen molar-refractivity contribution in [2.24, 2.45) is 10.9 Å². The summed E-state index contributed by atoms with van der Waals surface area (Å²) in [4.78, 5) is 17.5. The van der Waals surface area contributed by atoms with Crippen LogP contribution < -0.4 is 10.6 Å². The van der Waals surface area contributed by atoms with Crippen LogP contribution in [0.15, 0.2) is 41.4 Å². The van der Waals surface area contributed by atoms with Crippen molar-refractivity contribution in [3.05, 3.63) is 57.8 Å². The third-order valence-corrected chi connectivity index (χ3v) is 6.02. The average Bonchev–Trinajstić information content (AvgIpc) is 3.11.